The van der Waals surface area contributed by atoms with Gasteiger partial charge in [0.15, 0.2) is 0 Å². The van der Waals surface area contributed by atoms with Crippen LogP contribution in [-0.4, -0.2) is 19.4 Å². The predicted octanol–water partition coefficient (Wildman–Crippen LogP) is 2.50. The van der Waals surface area contributed by atoms with Crippen molar-refractivity contribution in [1.29, 1.82) is 0 Å². The molecule has 2 N–H and O–H groups in total. The van der Waals surface area contributed by atoms with Gasteiger partial charge in [-0.1, -0.05) is 0 Å². The van der Waals surface area contributed by atoms with Crippen molar-refractivity contribution < 1.29 is 8.42 Å². The van der Waals surface area contributed by atoms with E-state index < -0.39 is 10.0 Å². The smallest absolute Gasteiger partial charge is 0.240 e. The number of sulfonamides is 1. The predicted molar refractivity (Wildman–Crippen MR) is 84.0 cm³/mol. The Balaban J connectivity index is 1.63. The minimum absolute atomic E-state index is 0.126. The normalized spacial score (nSPS) is 15.1. The van der Waals surface area contributed by atoms with E-state index >= 15 is 0 Å². The van der Waals surface area contributed by atoms with Gasteiger partial charge in [0.1, 0.15) is 0 Å². The Bertz CT molecular complexity index is 719. The van der Waals surface area contributed by atoms with Gasteiger partial charge in [0, 0.05) is 17.1 Å². The van der Waals surface area contributed by atoms with Crippen LogP contribution in [0.3, 0.4) is 0 Å². The molecule has 1 heterocycles. The lowest BCUT2D eigenvalue weighted by Gasteiger charge is -2.08. The van der Waals surface area contributed by atoms with Gasteiger partial charge in [0.05, 0.1) is 22.1 Å². The van der Waals surface area contributed by atoms with Gasteiger partial charge in [-0.15, -0.1) is 11.3 Å². The van der Waals surface area contributed by atoms with Crippen molar-refractivity contribution in [2.45, 2.75) is 37.2 Å². The second-order valence-corrected chi connectivity index (χ2v) is 7.91. The van der Waals surface area contributed by atoms with E-state index in [4.69, 9.17) is 0 Å². The number of nitrogens with zero attached hydrogens (tertiary/aromatic N) is 1. The van der Waals surface area contributed by atoms with Crippen LogP contribution >= 0.6 is 11.3 Å². The zero-order valence-electron chi connectivity index (χ0n) is 11.7. The minimum Gasteiger partial charge on any atom is -0.379 e. The molecule has 3 rings (SSSR count). The Morgan fingerprint density at radius 2 is 2.00 bits per heavy atom. The molecular formula is C14H17N3O2S2. The van der Waals surface area contributed by atoms with Crippen molar-refractivity contribution in [2.75, 3.05) is 5.32 Å². The zero-order valence-corrected chi connectivity index (χ0v) is 13.3. The molecule has 0 amide bonds. The van der Waals surface area contributed by atoms with Gasteiger partial charge in [-0.05, 0) is 44.0 Å². The molecule has 0 spiro atoms. The highest BCUT2D eigenvalue weighted by Crippen LogP contribution is 2.23. The van der Waals surface area contributed by atoms with E-state index in [1.54, 1.807) is 35.6 Å². The molecule has 112 valence electrons. The van der Waals surface area contributed by atoms with Crippen LogP contribution in [-0.2, 0) is 16.6 Å². The lowest BCUT2D eigenvalue weighted by atomic mass is 10.3. The van der Waals surface area contributed by atoms with Crippen molar-refractivity contribution in [2.24, 2.45) is 0 Å². The third kappa shape index (κ3) is 3.81. The maximum atomic E-state index is 12.0. The van der Waals surface area contributed by atoms with Crippen LogP contribution in [0.4, 0.5) is 5.69 Å². The standard InChI is InChI=1S/C14H17N3O2S2/c1-10-16-13(9-20-10)8-15-11-4-6-14(7-5-11)21(18,19)17-12-2-3-12/h4-7,9,12,15,17H,2-3,8H2,1H3. The van der Waals surface area contributed by atoms with Gasteiger partial charge in [-0.2, -0.15) is 0 Å². The van der Waals surface area contributed by atoms with Crippen molar-refractivity contribution in [3.63, 3.8) is 0 Å². The van der Waals surface area contributed by atoms with Gasteiger partial charge >= 0.3 is 0 Å². The summed E-state index contributed by atoms with van der Waals surface area (Å²) in [7, 11) is -3.37. The highest BCUT2D eigenvalue weighted by atomic mass is 32.2. The first-order chi connectivity index (χ1) is 10.0. The van der Waals surface area contributed by atoms with Crippen LogP contribution in [0.1, 0.15) is 23.5 Å². The molecule has 0 atom stereocenters. The Morgan fingerprint density at radius 1 is 1.29 bits per heavy atom. The van der Waals surface area contributed by atoms with Gasteiger partial charge in [0.2, 0.25) is 10.0 Å². The van der Waals surface area contributed by atoms with Gasteiger partial charge in [0.25, 0.3) is 0 Å². The Morgan fingerprint density at radius 3 is 2.57 bits per heavy atom. The summed E-state index contributed by atoms with van der Waals surface area (Å²) in [5, 5.41) is 6.29. The van der Waals surface area contributed by atoms with Gasteiger partial charge < -0.3 is 5.32 Å². The Labute approximate surface area is 128 Å². The maximum absolute atomic E-state index is 12.0. The number of benzene rings is 1. The van der Waals surface area contributed by atoms with Crippen LogP contribution in [0, 0.1) is 6.92 Å². The quantitative estimate of drug-likeness (QED) is 0.857. The average Bonchev–Trinajstić information content (AvgIpc) is 3.16. The lowest BCUT2D eigenvalue weighted by molar-refractivity contribution is 0.581. The van der Waals surface area contributed by atoms with Crippen molar-refractivity contribution in [3.05, 3.63) is 40.3 Å². The summed E-state index contributed by atoms with van der Waals surface area (Å²) >= 11 is 1.62. The lowest BCUT2D eigenvalue weighted by Crippen LogP contribution is -2.25. The van der Waals surface area contributed by atoms with Crippen LogP contribution < -0.4 is 10.0 Å². The van der Waals surface area contributed by atoms with E-state index in [1.807, 2.05) is 12.3 Å². The Hall–Kier alpha value is -1.44. The molecule has 21 heavy (non-hydrogen) atoms. The molecule has 0 radical (unpaired) electrons. The van der Waals surface area contributed by atoms with Crippen LogP contribution in [0.15, 0.2) is 34.5 Å². The van der Waals surface area contributed by atoms with Crippen LogP contribution in [0.5, 0.6) is 0 Å². The molecule has 2 aromatic rings. The topological polar surface area (TPSA) is 71.1 Å². The summed E-state index contributed by atoms with van der Waals surface area (Å²) in [5.41, 5.74) is 1.87. The maximum Gasteiger partial charge on any atom is 0.240 e. The third-order valence-corrected chi connectivity index (χ3v) is 5.56. The molecule has 0 aliphatic heterocycles. The Kier molecular flexibility index (Phi) is 3.97. The number of hydrogen-bond acceptors (Lipinski definition) is 5. The van der Waals surface area contributed by atoms with E-state index in [2.05, 4.69) is 15.0 Å². The molecule has 1 aromatic heterocycles. The number of nitrogens with one attached hydrogen (secondary N) is 2. The van der Waals surface area contributed by atoms with Gasteiger partial charge in [-0.25, -0.2) is 18.1 Å². The molecule has 5 nitrogen and oxygen atoms in total. The van der Waals surface area contributed by atoms with Crippen molar-refractivity contribution in [3.8, 4) is 0 Å². The van der Waals surface area contributed by atoms with E-state index in [0.29, 0.717) is 11.4 Å². The van der Waals surface area contributed by atoms with Crippen LogP contribution in [0.2, 0.25) is 0 Å². The fourth-order valence-electron chi connectivity index (χ4n) is 1.92. The average molecular weight is 323 g/mol. The second-order valence-electron chi connectivity index (χ2n) is 5.13. The van der Waals surface area contributed by atoms with Crippen molar-refractivity contribution in [1.82, 2.24) is 9.71 Å². The monoisotopic (exact) mass is 323 g/mol. The molecule has 1 saturated carbocycles. The molecule has 0 saturated heterocycles. The summed E-state index contributed by atoms with van der Waals surface area (Å²) in [5.74, 6) is 0. The van der Waals surface area contributed by atoms with E-state index in [-0.39, 0.29) is 6.04 Å². The first-order valence-electron chi connectivity index (χ1n) is 6.80. The molecule has 1 aliphatic rings. The van der Waals surface area contributed by atoms with E-state index in [1.165, 1.54) is 0 Å². The molecule has 1 aromatic carbocycles. The van der Waals surface area contributed by atoms with E-state index in [0.717, 1.165) is 29.2 Å². The van der Waals surface area contributed by atoms with Crippen LogP contribution in [0.25, 0.3) is 0 Å². The number of hydrogen-bond donors (Lipinski definition) is 2. The minimum atomic E-state index is -3.37. The molecule has 1 aliphatic carbocycles. The first kappa shape index (κ1) is 14.5. The molecular weight excluding hydrogens is 306 g/mol. The van der Waals surface area contributed by atoms with E-state index in [9.17, 15) is 8.42 Å². The SMILES string of the molecule is Cc1nc(CNc2ccc(S(=O)(=O)NC3CC3)cc2)cs1. The van der Waals surface area contributed by atoms with Crippen molar-refractivity contribution >= 4 is 27.0 Å². The molecule has 7 heteroatoms. The van der Waals surface area contributed by atoms with Gasteiger partial charge in [-0.3, -0.25) is 0 Å². The molecule has 0 bridgehead atoms. The third-order valence-electron chi connectivity index (χ3n) is 3.20. The first-order valence-corrected chi connectivity index (χ1v) is 9.16. The highest BCUT2D eigenvalue weighted by Gasteiger charge is 2.27. The summed E-state index contributed by atoms with van der Waals surface area (Å²) in [6, 6.07) is 6.93. The molecule has 1 fully saturated rings. The summed E-state index contributed by atoms with van der Waals surface area (Å²) < 4.78 is 26.7. The molecule has 0 unspecified atom stereocenters. The number of aryl methyl sites for hydroxylation is 1. The summed E-state index contributed by atoms with van der Waals surface area (Å²) in [6.07, 6.45) is 1.87. The second kappa shape index (κ2) is 5.75. The fourth-order valence-corrected chi connectivity index (χ4v) is 3.84. The summed E-state index contributed by atoms with van der Waals surface area (Å²) in [6.45, 7) is 2.61. The fraction of sp³-hybridized carbons (Fsp3) is 0.357. The highest BCUT2D eigenvalue weighted by molar-refractivity contribution is 7.89. The zero-order chi connectivity index (χ0) is 14.9. The summed E-state index contributed by atoms with van der Waals surface area (Å²) in [4.78, 5) is 4.68. The number of aromatic nitrogens is 1. The number of thiazole rings is 1. The number of rotatable bonds is 6. The number of anilines is 1. The largest absolute Gasteiger partial charge is 0.379 e.